The van der Waals surface area contributed by atoms with Gasteiger partial charge in [0, 0.05) is 19.2 Å². The summed E-state index contributed by atoms with van der Waals surface area (Å²) in [5.41, 5.74) is 2.41. The first-order valence-corrected chi connectivity index (χ1v) is 13.4. The summed E-state index contributed by atoms with van der Waals surface area (Å²) in [5.74, 6) is -3.23. The lowest BCUT2D eigenvalue weighted by Crippen LogP contribution is -2.48. The number of aliphatic hydroxyl groups excluding tert-OH is 1. The molecule has 1 heterocycles. The number of aliphatic hydroxyl groups is 1. The number of benzene rings is 2. The second-order valence-corrected chi connectivity index (χ2v) is 10.5. The maximum atomic E-state index is 13.7. The van der Waals surface area contributed by atoms with Gasteiger partial charge in [-0.25, -0.2) is 17.2 Å². The first-order valence-electron chi connectivity index (χ1n) is 11.8. The second kappa shape index (κ2) is 12.7. The lowest BCUT2D eigenvalue weighted by molar-refractivity contribution is 0.0798. The van der Waals surface area contributed by atoms with Gasteiger partial charge in [-0.2, -0.15) is 4.98 Å². The van der Waals surface area contributed by atoms with E-state index in [4.69, 9.17) is 4.42 Å². The maximum absolute atomic E-state index is 13.7. The van der Waals surface area contributed by atoms with Crippen molar-refractivity contribution in [2.45, 2.75) is 45.4 Å². The highest BCUT2D eigenvalue weighted by Gasteiger charge is 2.25. The summed E-state index contributed by atoms with van der Waals surface area (Å²) in [6, 6.07) is 9.92. The summed E-state index contributed by atoms with van der Waals surface area (Å²) in [4.78, 5) is 16.6. The fourth-order valence-corrected chi connectivity index (χ4v) is 4.18. The molecule has 0 radical (unpaired) electrons. The molecular weight excluding hydrogens is 506 g/mol. The van der Waals surface area contributed by atoms with Crippen LogP contribution < -0.4 is 15.4 Å². The van der Waals surface area contributed by atoms with Gasteiger partial charge in [0.1, 0.15) is 17.9 Å². The fourth-order valence-electron chi connectivity index (χ4n) is 3.62. The van der Waals surface area contributed by atoms with Crippen LogP contribution in [0.25, 0.3) is 0 Å². The van der Waals surface area contributed by atoms with Crippen molar-refractivity contribution in [1.29, 1.82) is 0 Å². The molecule has 0 spiro atoms. The van der Waals surface area contributed by atoms with Crippen molar-refractivity contribution in [2.24, 2.45) is 0 Å². The van der Waals surface area contributed by atoms with E-state index in [-0.39, 0.29) is 30.1 Å². The average molecular weight is 537 g/mol. The van der Waals surface area contributed by atoms with Crippen LogP contribution in [0.3, 0.4) is 0 Å². The zero-order valence-electron chi connectivity index (χ0n) is 20.5. The highest BCUT2D eigenvalue weighted by atomic mass is 32.2. The number of anilines is 1. The minimum absolute atomic E-state index is 0.0617. The zero-order valence-corrected chi connectivity index (χ0v) is 21.3. The van der Waals surface area contributed by atoms with Gasteiger partial charge in [0.05, 0.1) is 17.9 Å². The van der Waals surface area contributed by atoms with E-state index in [1.807, 2.05) is 24.3 Å². The van der Waals surface area contributed by atoms with Crippen LogP contribution in [-0.4, -0.2) is 48.9 Å². The number of oxazole rings is 1. The Morgan fingerprint density at radius 1 is 1.08 bits per heavy atom. The lowest BCUT2D eigenvalue weighted by atomic mass is 10.0. The third-order valence-corrected chi connectivity index (χ3v) is 6.86. The lowest BCUT2D eigenvalue weighted by Gasteiger charge is -2.24. The Morgan fingerprint density at radius 3 is 2.46 bits per heavy atom. The molecule has 9 nitrogen and oxygen atoms in total. The molecule has 12 heteroatoms. The minimum atomic E-state index is -3.63. The molecule has 2 aromatic carbocycles. The number of carbonyl (C=O) groups is 1. The van der Waals surface area contributed by atoms with Crippen LogP contribution in [0.15, 0.2) is 53.1 Å². The summed E-state index contributed by atoms with van der Waals surface area (Å²) in [7, 11) is -3.63. The molecule has 4 N–H and O–H groups in total. The average Bonchev–Trinajstić information content (AvgIpc) is 3.31. The van der Waals surface area contributed by atoms with Gasteiger partial charge in [0.25, 0.3) is 5.89 Å². The molecule has 1 amide bonds. The number of nitrogens with one attached hydrogen (secondary N) is 3. The van der Waals surface area contributed by atoms with Gasteiger partial charge in [0.2, 0.25) is 10.0 Å². The van der Waals surface area contributed by atoms with Crippen LogP contribution in [0.1, 0.15) is 41.2 Å². The van der Waals surface area contributed by atoms with E-state index >= 15 is 0 Å². The van der Waals surface area contributed by atoms with Gasteiger partial charge in [-0.15, -0.1) is 0 Å². The van der Waals surface area contributed by atoms with Gasteiger partial charge in [-0.05, 0) is 48.6 Å². The van der Waals surface area contributed by atoms with E-state index in [0.29, 0.717) is 6.54 Å². The molecule has 37 heavy (non-hydrogen) atoms. The van der Waals surface area contributed by atoms with Crippen LogP contribution in [0.4, 0.5) is 14.6 Å². The van der Waals surface area contributed by atoms with Gasteiger partial charge in [0.15, 0.2) is 5.82 Å². The SMILES string of the molecule is CCc1cccc(CNC[C@@H](O)[C@H](Cc2cc(F)cc(F)c2)NC(=O)c2nc(NS(=O)(=O)CC)co2)c1. The van der Waals surface area contributed by atoms with Crippen molar-refractivity contribution in [3.05, 3.63) is 82.9 Å². The summed E-state index contributed by atoms with van der Waals surface area (Å²) in [6.45, 7) is 4.01. The Morgan fingerprint density at radius 2 is 1.78 bits per heavy atom. The van der Waals surface area contributed by atoms with Crippen molar-refractivity contribution in [3.63, 3.8) is 0 Å². The van der Waals surface area contributed by atoms with Crippen LogP contribution in [0.5, 0.6) is 0 Å². The molecule has 0 aliphatic carbocycles. The molecular formula is C25H30F2N4O5S. The molecule has 0 aliphatic rings. The van der Waals surface area contributed by atoms with Gasteiger partial charge >= 0.3 is 5.91 Å². The Kier molecular flexibility index (Phi) is 9.73. The number of sulfonamides is 1. The van der Waals surface area contributed by atoms with Crippen molar-refractivity contribution in [1.82, 2.24) is 15.6 Å². The maximum Gasteiger partial charge on any atom is 0.307 e. The van der Waals surface area contributed by atoms with E-state index in [0.717, 1.165) is 36.4 Å². The molecule has 2 atom stereocenters. The van der Waals surface area contributed by atoms with Gasteiger partial charge in [-0.1, -0.05) is 31.2 Å². The molecule has 200 valence electrons. The number of halogens is 2. The van der Waals surface area contributed by atoms with Crippen LogP contribution >= 0.6 is 0 Å². The van der Waals surface area contributed by atoms with Gasteiger partial charge in [-0.3, -0.25) is 9.52 Å². The van der Waals surface area contributed by atoms with Crippen molar-refractivity contribution in [3.8, 4) is 0 Å². The smallest absolute Gasteiger partial charge is 0.307 e. The predicted molar refractivity (Wildman–Crippen MR) is 134 cm³/mol. The largest absolute Gasteiger partial charge is 0.439 e. The molecule has 1 aromatic heterocycles. The Balaban J connectivity index is 1.71. The number of hydrogen-bond donors (Lipinski definition) is 4. The van der Waals surface area contributed by atoms with E-state index in [1.165, 1.54) is 12.5 Å². The molecule has 3 aromatic rings. The highest BCUT2D eigenvalue weighted by molar-refractivity contribution is 7.92. The highest BCUT2D eigenvalue weighted by Crippen LogP contribution is 2.14. The molecule has 0 bridgehead atoms. The topological polar surface area (TPSA) is 134 Å². The number of nitrogens with zero attached hydrogens (tertiary/aromatic N) is 1. The van der Waals surface area contributed by atoms with Crippen LogP contribution in [0, 0.1) is 11.6 Å². The third kappa shape index (κ3) is 8.62. The normalized spacial score (nSPS) is 13.2. The second-order valence-electron chi connectivity index (χ2n) is 8.48. The molecule has 0 aliphatic heterocycles. The number of amides is 1. The van der Waals surface area contributed by atoms with Crippen LogP contribution in [-0.2, 0) is 29.4 Å². The fraction of sp³-hybridized carbons (Fsp3) is 0.360. The monoisotopic (exact) mass is 536 g/mol. The van der Waals surface area contributed by atoms with E-state index in [1.54, 1.807) is 0 Å². The standard InChI is InChI=1S/C25H30F2N4O5S/c1-3-16-6-5-7-17(8-16)13-28-14-22(32)21(11-18-9-19(26)12-20(27)10-18)29-24(33)25-30-23(15-36-25)31-37(34,35)4-2/h5-10,12,15,21-22,28,31-32H,3-4,11,13-14H2,1-2H3,(H,29,33)/t21-,22+/m0/s1. The van der Waals surface area contributed by atoms with E-state index < -0.39 is 45.6 Å². The molecule has 0 fully saturated rings. The van der Waals surface area contributed by atoms with Crippen molar-refractivity contribution < 1.29 is 31.5 Å². The number of carbonyl (C=O) groups excluding carboxylic acids is 1. The predicted octanol–water partition coefficient (Wildman–Crippen LogP) is 2.77. The first kappa shape index (κ1) is 28.2. The van der Waals surface area contributed by atoms with Crippen LogP contribution in [0.2, 0.25) is 0 Å². The molecule has 3 rings (SSSR count). The number of aryl methyl sites for hydroxylation is 1. The van der Waals surface area contributed by atoms with E-state index in [9.17, 15) is 27.1 Å². The number of hydrogen-bond acceptors (Lipinski definition) is 7. The Hall–Kier alpha value is -3.35. The first-order chi connectivity index (χ1) is 17.6. The summed E-state index contributed by atoms with van der Waals surface area (Å²) in [5, 5.41) is 16.6. The molecule has 0 unspecified atom stereocenters. The summed E-state index contributed by atoms with van der Waals surface area (Å²) in [6.07, 6.45) is 0.612. The number of rotatable bonds is 13. The summed E-state index contributed by atoms with van der Waals surface area (Å²) < 4.78 is 58.2. The molecule has 0 saturated carbocycles. The zero-order chi connectivity index (χ0) is 27.0. The Bertz CT molecular complexity index is 1300. The van der Waals surface area contributed by atoms with Crippen molar-refractivity contribution in [2.75, 3.05) is 17.0 Å². The van der Waals surface area contributed by atoms with Gasteiger partial charge < -0.3 is 20.2 Å². The van der Waals surface area contributed by atoms with Crippen molar-refractivity contribution >= 4 is 21.7 Å². The molecule has 0 saturated heterocycles. The number of aromatic nitrogens is 1. The summed E-state index contributed by atoms with van der Waals surface area (Å²) >= 11 is 0. The quantitative estimate of drug-likeness (QED) is 0.264. The minimum Gasteiger partial charge on any atom is -0.439 e. The third-order valence-electron chi connectivity index (χ3n) is 5.58. The van der Waals surface area contributed by atoms with E-state index in [2.05, 4.69) is 27.3 Å². The Labute approximate surface area is 214 Å².